The Morgan fingerprint density at radius 1 is 0.692 bits per heavy atom. The molecule has 2 atom stereocenters. The number of benzene rings is 2. The van der Waals surface area contributed by atoms with Gasteiger partial charge in [0.1, 0.15) is 0 Å². The average molecular weight is 480 g/mol. The maximum atomic E-state index is 2.64. The zero-order valence-electron chi connectivity index (χ0n) is 15.8. The van der Waals surface area contributed by atoms with E-state index in [1.54, 1.807) is 11.1 Å². The van der Waals surface area contributed by atoms with Gasteiger partial charge in [-0.2, -0.15) is 0 Å². The fourth-order valence-corrected chi connectivity index (χ4v) is 26.0. The SMILES string of the molecule is CC1=C[CH]([Zr+2]([CH]2C=C(C)c3ccccc32)[SiH](C)C)c2ccccc21.[Cl-].[Cl-]. The molecule has 0 radical (unpaired) electrons. The van der Waals surface area contributed by atoms with Crippen LogP contribution in [-0.4, -0.2) is 5.92 Å². The van der Waals surface area contributed by atoms with Crippen molar-refractivity contribution in [3.63, 3.8) is 0 Å². The monoisotopic (exact) mass is 477 g/mol. The molecular weight excluding hydrogens is 454 g/mol. The van der Waals surface area contributed by atoms with Crippen molar-refractivity contribution in [2.24, 2.45) is 0 Å². The first-order valence-corrected chi connectivity index (χ1v) is 19.0. The summed E-state index contributed by atoms with van der Waals surface area (Å²) in [5, 5.41) is 0. The van der Waals surface area contributed by atoms with E-state index in [9.17, 15) is 0 Å². The maximum absolute atomic E-state index is 2.64. The molecule has 0 N–H and O–H groups in total. The van der Waals surface area contributed by atoms with Gasteiger partial charge in [-0.25, -0.2) is 0 Å². The van der Waals surface area contributed by atoms with Crippen molar-refractivity contribution in [2.75, 3.05) is 0 Å². The second-order valence-corrected chi connectivity index (χ2v) is 27.8. The fourth-order valence-electron chi connectivity index (χ4n) is 4.58. The van der Waals surface area contributed by atoms with Crippen molar-refractivity contribution in [3.8, 4) is 0 Å². The number of fused-ring (bicyclic) bond motifs is 2. The van der Waals surface area contributed by atoms with Crippen LogP contribution in [0.15, 0.2) is 60.7 Å². The van der Waals surface area contributed by atoms with Crippen molar-refractivity contribution in [1.29, 1.82) is 0 Å². The van der Waals surface area contributed by atoms with Gasteiger partial charge in [-0.3, -0.25) is 0 Å². The number of hydrogen-bond acceptors (Lipinski definition) is 0. The number of halogens is 2. The fraction of sp³-hybridized carbons (Fsp3) is 0.273. The van der Waals surface area contributed by atoms with Crippen LogP contribution in [0.3, 0.4) is 0 Å². The molecule has 4 heteroatoms. The average Bonchev–Trinajstić information content (AvgIpc) is 3.08. The molecule has 0 aromatic heterocycles. The largest absolute Gasteiger partial charge is 1.00 e. The summed E-state index contributed by atoms with van der Waals surface area (Å²) < 4.78 is 1.55. The molecule has 0 spiro atoms. The third-order valence-electron chi connectivity index (χ3n) is 5.66. The van der Waals surface area contributed by atoms with Gasteiger partial charge in [0, 0.05) is 0 Å². The van der Waals surface area contributed by atoms with Crippen molar-refractivity contribution in [2.45, 2.75) is 34.2 Å². The standard InChI is InChI=1S/2C10H9.C2H7Si.2ClH.Zr/c2*1-8-6-7-9-4-2-3-5-10(8)9;1-3-2;;;/h2*2-7H,1H3;3H,1-2H3;2*1H;/q;;;;;+2/p-2. The number of allylic oxidation sites excluding steroid dienone is 4. The molecule has 2 aromatic rings. The van der Waals surface area contributed by atoms with Crippen molar-refractivity contribution in [3.05, 3.63) is 82.9 Å². The Morgan fingerprint density at radius 3 is 1.46 bits per heavy atom. The van der Waals surface area contributed by atoms with E-state index in [1.807, 2.05) is 0 Å². The first kappa shape index (κ1) is 21.9. The predicted octanol–water partition coefficient (Wildman–Crippen LogP) is -0.0876. The molecule has 2 aliphatic rings. The van der Waals surface area contributed by atoms with E-state index >= 15 is 0 Å². The molecule has 26 heavy (non-hydrogen) atoms. The molecule has 135 valence electrons. The minimum Gasteiger partial charge on any atom is -1.00 e. The van der Waals surface area contributed by atoms with Crippen molar-refractivity contribution >= 4 is 17.1 Å². The van der Waals surface area contributed by atoms with Crippen LogP contribution >= 0.6 is 0 Å². The number of rotatable bonds is 3. The third kappa shape index (κ3) is 3.63. The summed E-state index contributed by atoms with van der Waals surface area (Å²) in [4.78, 5) is 0. The van der Waals surface area contributed by atoms with Crippen LogP contribution in [0.2, 0.25) is 13.1 Å². The van der Waals surface area contributed by atoms with Crippen molar-refractivity contribution in [1.82, 2.24) is 0 Å². The first-order chi connectivity index (χ1) is 11.6. The quantitative estimate of drug-likeness (QED) is 0.540. The van der Waals surface area contributed by atoms with Gasteiger partial charge in [-0.1, -0.05) is 0 Å². The summed E-state index contributed by atoms with van der Waals surface area (Å²) in [6, 6.07) is 18.3. The molecular formula is C22H25Cl2SiZr. The minimum atomic E-state index is -1.69. The van der Waals surface area contributed by atoms with E-state index in [4.69, 9.17) is 0 Å². The zero-order valence-corrected chi connectivity index (χ0v) is 20.9. The van der Waals surface area contributed by atoms with E-state index < -0.39 is 26.8 Å². The predicted molar refractivity (Wildman–Crippen MR) is 105 cm³/mol. The van der Waals surface area contributed by atoms with Crippen LogP contribution in [-0.2, 0) is 20.9 Å². The minimum absolute atomic E-state index is 0. The van der Waals surface area contributed by atoms with Crippen LogP contribution in [0.25, 0.3) is 11.1 Å². The summed E-state index contributed by atoms with van der Waals surface area (Å²) in [7, 11) is 0. The molecule has 2 aromatic carbocycles. The Hall–Kier alpha value is -0.400. The zero-order chi connectivity index (χ0) is 16.8. The summed E-state index contributed by atoms with van der Waals surface area (Å²) in [6.45, 7) is 9.85. The Labute approximate surface area is 178 Å². The van der Waals surface area contributed by atoms with Gasteiger partial charge in [0.25, 0.3) is 0 Å². The van der Waals surface area contributed by atoms with Gasteiger partial charge in [0.2, 0.25) is 0 Å². The van der Waals surface area contributed by atoms with Crippen LogP contribution in [0.5, 0.6) is 0 Å². The maximum Gasteiger partial charge on any atom is -1.00 e. The van der Waals surface area contributed by atoms with Gasteiger partial charge in [0.05, 0.1) is 0 Å². The van der Waals surface area contributed by atoms with E-state index in [0.717, 1.165) is 7.25 Å². The topological polar surface area (TPSA) is 0 Å². The van der Waals surface area contributed by atoms with Crippen LogP contribution < -0.4 is 24.8 Å². The van der Waals surface area contributed by atoms with Gasteiger partial charge < -0.3 is 24.8 Å². The molecule has 2 aliphatic carbocycles. The van der Waals surface area contributed by atoms with E-state index in [0.29, 0.717) is 0 Å². The summed E-state index contributed by atoms with van der Waals surface area (Å²) in [6.07, 6.45) is 5.27. The van der Waals surface area contributed by atoms with E-state index in [1.165, 1.54) is 22.3 Å². The molecule has 0 saturated carbocycles. The molecule has 0 heterocycles. The number of hydrogen-bond donors (Lipinski definition) is 0. The van der Waals surface area contributed by atoms with Crippen molar-refractivity contribution < 1.29 is 45.7 Å². The smallest absolute Gasteiger partial charge is 1.00 e. The van der Waals surface area contributed by atoms with Gasteiger partial charge in [-0.05, 0) is 0 Å². The molecule has 0 amide bonds. The third-order valence-corrected chi connectivity index (χ3v) is 27.0. The van der Waals surface area contributed by atoms with E-state index in [-0.39, 0.29) is 24.8 Å². The van der Waals surface area contributed by atoms with Gasteiger partial charge in [0.15, 0.2) is 0 Å². The van der Waals surface area contributed by atoms with Gasteiger partial charge in [-0.15, -0.1) is 0 Å². The molecule has 0 fully saturated rings. The second kappa shape index (κ2) is 8.74. The first-order valence-electron chi connectivity index (χ1n) is 9.00. The molecule has 0 nitrogen and oxygen atoms in total. The van der Waals surface area contributed by atoms with Gasteiger partial charge >= 0.3 is 155 Å². The molecule has 2 unspecified atom stereocenters. The summed E-state index contributed by atoms with van der Waals surface area (Å²) >= 11 is -1.69. The van der Waals surface area contributed by atoms with Crippen LogP contribution in [0.1, 0.15) is 43.4 Å². The molecule has 0 aliphatic heterocycles. The summed E-state index contributed by atoms with van der Waals surface area (Å²) in [5.74, 6) is -0.656. The second-order valence-electron chi connectivity index (χ2n) is 7.48. The van der Waals surface area contributed by atoms with E-state index in [2.05, 4.69) is 87.6 Å². The Kier molecular flexibility index (Phi) is 7.36. The summed E-state index contributed by atoms with van der Waals surface area (Å²) in [5.41, 5.74) is 9.33. The normalized spacial score (nSPS) is 19.7. The van der Waals surface area contributed by atoms with Crippen LogP contribution in [0.4, 0.5) is 0 Å². The molecule has 0 saturated heterocycles. The molecule has 0 bridgehead atoms. The Bertz CT molecular complexity index is 789. The Balaban J connectivity index is 0.00000121. The molecule has 4 rings (SSSR count). The Morgan fingerprint density at radius 2 is 1.08 bits per heavy atom. The van der Waals surface area contributed by atoms with Crippen LogP contribution in [0, 0.1) is 0 Å².